The van der Waals surface area contributed by atoms with Crippen molar-refractivity contribution in [2.75, 3.05) is 13.7 Å². The number of methoxy groups -OCH3 is 1. The Morgan fingerprint density at radius 3 is 2.81 bits per heavy atom. The van der Waals surface area contributed by atoms with Gasteiger partial charge in [0.1, 0.15) is 17.2 Å². The summed E-state index contributed by atoms with van der Waals surface area (Å²) in [5.41, 5.74) is 2.35. The molecule has 0 bridgehead atoms. The first-order chi connectivity index (χ1) is 15.6. The zero-order valence-corrected chi connectivity index (χ0v) is 17.9. The lowest BCUT2D eigenvalue weighted by atomic mass is 10.1. The molecule has 5 rings (SSSR count). The van der Waals surface area contributed by atoms with E-state index < -0.39 is 12.1 Å². The number of ketones is 1. The molecular weight excluding hydrogens is 410 g/mol. The van der Waals surface area contributed by atoms with Crippen LogP contribution in [0, 0.1) is 0 Å². The van der Waals surface area contributed by atoms with Crippen LogP contribution in [0.4, 0.5) is 0 Å². The monoisotopic (exact) mass is 433 g/mol. The van der Waals surface area contributed by atoms with Crippen molar-refractivity contribution in [3.63, 3.8) is 0 Å². The fourth-order valence-electron chi connectivity index (χ4n) is 4.12. The van der Waals surface area contributed by atoms with Gasteiger partial charge in [0.05, 0.1) is 12.7 Å². The van der Waals surface area contributed by atoms with Gasteiger partial charge in [-0.15, -0.1) is 0 Å². The summed E-state index contributed by atoms with van der Waals surface area (Å²) in [6.45, 7) is 3.42. The van der Waals surface area contributed by atoms with Gasteiger partial charge < -0.3 is 23.5 Å². The van der Waals surface area contributed by atoms with Crippen molar-refractivity contribution in [2.45, 2.75) is 32.4 Å². The van der Waals surface area contributed by atoms with Crippen molar-refractivity contribution in [1.82, 2.24) is 4.57 Å². The van der Waals surface area contributed by atoms with Crippen molar-refractivity contribution in [3.8, 4) is 17.2 Å². The number of carbonyl (C=O) groups is 2. The van der Waals surface area contributed by atoms with E-state index in [0.29, 0.717) is 30.1 Å². The Morgan fingerprint density at radius 2 is 2.06 bits per heavy atom. The van der Waals surface area contributed by atoms with E-state index in [2.05, 4.69) is 11.5 Å². The Kier molecular flexibility index (Phi) is 5.19. The molecule has 2 aliphatic rings. The summed E-state index contributed by atoms with van der Waals surface area (Å²) < 4.78 is 24.1. The molecule has 1 aromatic heterocycles. The summed E-state index contributed by atoms with van der Waals surface area (Å²) in [4.78, 5) is 25.1. The molecule has 0 spiro atoms. The first-order valence-corrected chi connectivity index (χ1v) is 10.7. The molecule has 164 valence electrons. The van der Waals surface area contributed by atoms with Crippen LogP contribution in [0.3, 0.4) is 0 Å². The Balaban J connectivity index is 1.44. The second-order valence-electron chi connectivity index (χ2n) is 7.77. The number of fused-ring (bicyclic) bond motifs is 2. The molecule has 1 saturated heterocycles. The van der Waals surface area contributed by atoms with Crippen molar-refractivity contribution in [2.24, 2.45) is 0 Å². The maximum atomic E-state index is 12.9. The summed E-state index contributed by atoms with van der Waals surface area (Å²) in [5.74, 6) is 1.02. The second kappa shape index (κ2) is 8.16. The van der Waals surface area contributed by atoms with Crippen LogP contribution in [-0.2, 0) is 16.1 Å². The fraction of sp³-hybridized carbons (Fsp3) is 0.280. The normalized spacial score (nSPS) is 18.8. The number of esters is 1. The molecule has 7 heteroatoms. The zero-order valence-electron chi connectivity index (χ0n) is 17.9. The van der Waals surface area contributed by atoms with Crippen LogP contribution in [0.1, 0.15) is 35.7 Å². The van der Waals surface area contributed by atoms with E-state index in [4.69, 9.17) is 18.9 Å². The maximum Gasteiger partial charge on any atom is 0.340 e. The third kappa shape index (κ3) is 3.54. The number of rotatable bonds is 5. The van der Waals surface area contributed by atoms with Crippen LogP contribution in [0.2, 0.25) is 0 Å². The van der Waals surface area contributed by atoms with Crippen LogP contribution < -0.4 is 14.2 Å². The highest BCUT2D eigenvalue weighted by Crippen LogP contribution is 2.36. The van der Waals surface area contributed by atoms with Gasteiger partial charge in [-0.2, -0.15) is 0 Å². The maximum absolute atomic E-state index is 12.9. The zero-order chi connectivity index (χ0) is 22.2. The largest absolute Gasteiger partial charge is 0.497 e. The van der Waals surface area contributed by atoms with Gasteiger partial charge in [0, 0.05) is 41.9 Å². The molecule has 0 amide bonds. The third-order valence-electron chi connectivity index (χ3n) is 5.80. The van der Waals surface area contributed by atoms with Gasteiger partial charge in [-0.05, 0) is 56.2 Å². The Bertz CT molecular complexity index is 1250. The number of allylic oxidation sites excluding steroid dienone is 1. The second-order valence-corrected chi connectivity index (χ2v) is 7.77. The Hall–Kier alpha value is -3.58. The SMILES string of the molecule is CCn1cc(/C=C2\Oc3cc(OC(=O)C4CCCO4)ccc3C2=O)c2cc(OC)ccc21. The lowest BCUT2D eigenvalue weighted by Gasteiger charge is -2.09. The number of nitrogens with zero attached hydrogens (tertiary/aromatic N) is 1. The number of aryl methyl sites for hydroxylation is 1. The molecule has 7 nitrogen and oxygen atoms in total. The van der Waals surface area contributed by atoms with Gasteiger partial charge in [-0.1, -0.05) is 0 Å². The first-order valence-electron chi connectivity index (χ1n) is 10.7. The van der Waals surface area contributed by atoms with Crippen molar-refractivity contribution in [1.29, 1.82) is 0 Å². The number of ether oxygens (including phenoxy) is 4. The summed E-state index contributed by atoms with van der Waals surface area (Å²) in [7, 11) is 1.62. The van der Waals surface area contributed by atoms with E-state index >= 15 is 0 Å². The standard InChI is InChI=1S/C25H23NO6/c1-3-26-14-15(19-12-16(29-2)7-9-20(19)26)11-23-24(27)18-8-6-17(13-22(18)32-23)31-25(28)21-5-4-10-30-21/h6-9,11-14,21H,3-5,10H2,1-2H3/b23-11-. The average molecular weight is 433 g/mol. The summed E-state index contributed by atoms with van der Waals surface area (Å²) in [6.07, 6.45) is 4.70. The van der Waals surface area contributed by atoms with E-state index in [9.17, 15) is 9.59 Å². The fourth-order valence-corrected chi connectivity index (χ4v) is 4.12. The third-order valence-corrected chi connectivity index (χ3v) is 5.80. The van der Waals surface area contributed by atoms with Gasteiger partial charge >= 0.3 is 5.97 Å². The predicted molar refractivity (Wildman–Crippen MR) is 118 cm³/mol. The van der Waals surface area contributed by atoms with E-state index in [-0.39, 0.29) is 11.5 Å². The van der Waals surface area contributed by atoms with Crippen molar-refractivity contribution in [3.05, 3.63) is 59.5 Å². The predicted octanol–water partition coefficient (Wildman–Crippen LogP) is 4.37. The summed E-state index contributed by atoms with van der Waals surface area (Å²) >= 11 is 0. The molecule has 1 fully saturated rings. The Labute approximate surface area is 185 Å². The van der Waals surface area contributed by atoms with Crippen molar-refractivity contribution < 1.29 is 28.5 Å². The van der Waals surface area contributed by atoms with Gasteiger partial charge in [0.15, 0.2) is 11.9 Å². The smallest absolute Gasteiger partial charge is 0.340 e. The van der Waals surface area contributed by atoms with E-state index in [1.807, 2.05) is 24.4 Å². The Morgan fingerprint density at radius 1 is 1.22 bits per heavy atom. The average Bonchev–Trinajstić information content (AvgIpc) is 3.53. The molecule has 1 atom stereocenters. The minimum Gasteiger partial charge on any atom is -0.497 e. The number of benzene rings is 2. The summed E-state index contributed by atoms with van der Waals surface area (Å²) in [5, 5.41) is 0.970. The highest BCUT2D eigenvalue weighted by Gasteiger charge is 2.30. The molecule has 3 heterocycles. The molecule has 0 N–H and O–H groups in total. The molecule has 2 aromatic carbocycles. The van der Waals surface area contributed by atoms with Gasteiger partial charge in [-0.3, -0.25) is 4.79 Å². The van der Waals surface area contributed by atoms with Gasteiger partial charge in [0.2, 0.25) is 5.78 Å². The minimum absolute atomic E-state index is 0.211. The molecular formula is C25H23NO6. The van der Waals surface area contributed by atoms with Crippen LogP contribution >= 0.6 is 0 Å². The van der Waals surface area contributed by atoms with Gasteiger partial charge in [-0.25, -0.2) is 4.79 Å². The number of hydrogen-bond donors (Lipinski definition) is 0. The molecule has 1 unspecified atom stereocenters. The van der Waals surface area contributed by atoms with E-state index in [1.54, 1.807) is 31.4 Å². The molecule has 2 aliphatic heterocycles. The topological polar surface area (TPSA) is 76.0 Å². The van der Waals surface area contributed by atoms with Crippen LogP contribution in [0.15, 0.2) is 48.4 Å². The van der Waals surface area contributed by atoms with Crippen LogP contribution in [-0.4, -0.2) is 36.1 Å². The number of hydrogen-bond acceptors (Lipinski definition) is 6. The molecule has 32 heavy (non-hydrogen) atoms. The van der Waals surface area contributed by atoms with E-state index in [0.717, 1.165) is 35.2 Å². The summed E-state index contributed by atoms with van der Waals surface area (Å²) in [6, 6.07) is 10.7. The quantitative estimate of drug-likeness (QED) is 0.338. The minimum atomic E-state index is -0.533. The van der Waals surface area contributed by atoms with Crippen LogP contribution in [0.5, 0.6) is 17.2 Å². The molecule has 0 saturated carbocycles. The highest BCUT2D eigenvalue weighted by molar-refractivity contribution is 6.15. The molecule has 3 aromatic rings. The number of aromatic nitrogens is 1. The first kappa shape index (κ1) is 20.3. The lowest BCUT2D eigenvalue weighted by Crippen LogP contribution is -2.24. The number of Topliss-reactive ketones (excluding diaryl/α,β-unsaturated/α-hetero) is 1. The van der Waals surface area contributed by atoms with Crippen molar-refractivity contribution >= 4 is 28.7 Å². The van der Waals surface area contributed by atoms with Gasteiger partial charge in [0.25, 0.3) is 0 Å². The number of carbonyl (C=O) groups excluding carboxylic acids is 2. The highest BCUT2D eigenvalue weighted by atomic mass is 16.6. The van der Waals surface area contributed by atoms with E-state index in [1.165, 1.54) is 0 Å². The molecule has 0 aliphatic carbocycles. The van der Waals surface area contributed by atoms with Crippen LogP contribution in [0.25, 0.3) is 17.0 Å². The lowest BCUT2D eigenvalue weighted by molar-refractivity contribution is -0.144. The molecule has 0 radical (unpaired) electrons.